The van der Waals surface area contributed by atoms with Crippen molar-refractivity contribution in [3.05, 3.63) is 47.9 Å². The molecule has 0 bridgehead atoms. The molecule has 1 fully saturated rings. The normalized spacial score (nSPS) is 16.4. The van der Waals surface area contributed by atoms with E-state index in [0.29, 0.717) is 31.3 Å². The molecule has 1 atom stereocenters. The van der Waals surface area contributed by atoms with Gasteiger partial charge in [-0.05, 0) is 31.0 Å². The smallest absolute Gasteiger partial charge is 0.319 e. The lowest BCUT2D eigenvalue weighted by molar-refractivity contribution is 0.138. The molecule has 132 valence electrons. The third-order valence-electron chi connectivity index (χ3n) is 3.84. The van der Waals surface area contributed by atoms with Crippen molar-refractivity contribution in [1.82, 2.24) is 15.3 Å². The Kier molecular flexibility index (Phi) is 5.79. The largest absolute Gasteiger partial charge is 0.472 e. The molecule has 0 radical (unpaired) electrons. The van der Waals surface area contributed by atoms with Gasteiger partial charge in [0.25, 0.3) is 0 Å². The number of ether oxygens (including phenoxy) is 2. The number of anilines is 1. The Hall–Kier alpha value is -2.67. The highest BCUT2D eigenvalue weighted by atomic mass is 16.5. The van der Waals surface area contributed by atoms with E-state index < -0.39 is 0 Å². The Labute approximate surface area is 146 Å². The maximum atomic E-state index is 12.0. The van der Waals surface area contributed by atoms with E-state index in [2.05, 4.69) is 20.6 Å². The first-order valence-corrected chi connectivity index (χ1v) is 8.36. The average Bonchev–Trinajstić information content (AvgIpc) is 3.10. The summed E-state index contributed by atoms with van der Waals surface area (Å²) in [7, 11) is 0. The number of amides is 2. The summed E-state index contributed by atoms with van der Waals surface area (Å²) in [6.45, 7) is 3.77. The minimum Gasteiger partial charge on any atom is -0.472 e. The molecule has 25 heavy (non-hydrogen) atoms. The summed E-state index contributed by atoms with van der Waals surface area (Å²) in [6.07, 6.45) is 5.05. The molecule has 2 aromatic heterocycles. The molecule has 1 unspecified atom stereocenters. The van der Waals surface area contributed by atoms with Crippen LogP contribution in [0.15, 0.2) is 36.7 Å². The molecule has 1 aliphatic heterocycles. The quantitative estimate of drug-likeness (QED) is 0.841. The fraction of sp³-hybridized carbons (Fsp3) is 0.389. The number of carbonyl (C=O) groups excluding carboxylic acids is 1. The predicted molar refractivity (Wildman–Crippen MR) is 93.8 cm³/mol. The van der Waals surface area contributed by atoms with Gasteiger partial charge >= 0.3 is 6.03 Å². The van der Waals surface area contributed by atoms with E-state index in [9.17, 15) is 4.79 Å². The van der Waals surface area contributed by atoms with Gasteiger partial charge in [0.15, 0.2) is 0 Å². The second kappa shape index (κ2) is 8.43. The van der Waals surface area contributed by atoms with E-state index in [1.54, 1.807) is 18.3 Å². The minimum atomic E-state index is -0.263. The van der Waals surface area contributed by atoms with Crippen LogP contribution in [0, 0.1) is 6.92 Å². The molecule has 7 heteroatoms. The summed E-state index contributed by atoms with van der Waals surface area (Å²) in [6, 6.07) is 7.15. The topological polar surface area (TPSA) is 85.4 Å². The van der Waals surface area contributed by atoms with E-state index in [1.165, 1.54) is 0 Å². The Morgan fingerprint density at radius 1 is 1.36 bits per heavy atom. The molecule has 7 nitrogen and oxygen atoms in total. The van der Waals surface area contributed by atoms with Crippen LogP contribution in [0.2, 0.25) is 0 Å². The standard InChI is InChI=1S/C18H22N4O3/c1-13-2-3-14(11-21-13)4-7-20-18(23)22-15-5-8-19-17(10-15)25-16-6-9-24-12-16/h2-3,5,8,10-11,16H,4,6-7,9,12H2,1H3,(H2,19,20,22,23). The molecule has 1 aliphatic rings. The van der Waals surface area contributed by atoms with Crippen molar-refractivity contribution in [3.8, 4) is 5.88 Å². The molecule has 0 aromatic carbocycles. The summed E-state index contributed by atoms with van der Waals surface area (Å²) in [5, 5.41) is 5.61. The van der Waals surface area contributed by atoms with Gasteiger partial charge in [-0.1, -0.05) is 6.07 Å². The van der Waals surface area contributed by atoms with E-state index in [0.717, 1.165) is 24.1 Å². The van der Waals surface area contributed by atoms with Crippen LogP contribution in [-0.4, -0.2) is 41.9 Å². The maximum absolute atomic E-state index is 12.0. The fourth-order valence-electron chi connectivity index (χ4n) is 2.47. The van der Waals surface area contributed by atoms with Gasteiger partial charge < -0.3 is 20.1 Å². The van der Waals surface area contributed by atoms with Crippen molar-refractivity contribution in [2.24, 2.45) is 0 Å². The molecule has 2 amide bonds. The molecule has 2 aromatic rings. The van der Waals surface area contributed by atoms with E-state index in [1.807, 2.05) is 25.3 Å². The summed E-state index contributed by atoms with van der Waals surface area (Å²) < 4.78 is 11.0. The summed E-state index contributed by atoms with van der Waals surface area (Å²) in [5.41, 5.74) is 2.71. The van der Waals surface area contributed by atoms with Crippen LogP contribution >= 0.6 is 0 Å². The van der Waals surface area contributed by atoms with Crippen LogP contribution in [0.4, 0.5) is 10.5 Å². The van der Waals surface area contributed by atoms with Gasteiger partial charge in [0.2, 0.25) is 5.88 Å². The van der Waals surface area contributed by atoms with Crippen LogP contribution in [0.1, 0.15) is 17.7 Å². The molecule has 2 N–H and O–H groups in total. The van der Waals surface area contributed by atoms with Crippen molar-refractivity contribution < 1.29 is 14.3 Å². The summed E-state index contributed by atoms with van der Waals surface area (Å²) in [5.74, 6) is 0.485. The van der Waals surface area contributed by atoms with Gasteiger partial charge in [-0.25, -0.2) is 9.78 Å². The zero-order valence-corrected chi connectivity index (χ0v) is 14.2. The average molecular weight is 342 g/mol. The van der Waals surface area contributed by atoms with Crippen molar-refractivity contribution in [2.75, 3.05) is 25.1 Å². The number of hydrogen-bond acceptors (Lipinski definition) is 5. The first-order chi connectivity index (χ1) is 12.2. The third-order valence-corrected chi connectivity index (χ3v) is 3.84. The highest BCUT2D eigenvalue weighted by Crippen LogP contribution is 2.18. The Balaban J connectivity index is 1.44. The first-order valence-electron chi connectivity index (χ1n) is 8.36. The summed E-state index contributed by atoms with van der Waals surface area (Å²) in [4.78, 5) is 20.4. The van der Waals surface area contributed by atoms with Crippen molar-refractivity contribution >= 4 is 11.7 Å². The van der Waals surface area contributed by atoms with Crippen LogP contribution in [0.25, 0.3) is 0 Å². The number of aromatic nitrogens is 2. The first kappa shape index (κ1) is 17.2. The molecule has 3 rings (SSSR count). The van der Waals surface area contributed by atoms with Gasteiger partial charge in [-0.15, -0.1) is 0 Å². The van der Waals surface area contributed by atoms with Crippen molar-refractivity contribution in [3.63, 3.8) is 0 Å². The highest BCUT2D eigenvalue weighted by Gasteiger charge is 2.17. The van der Waals surface area contributed by atoms with Crippen LogP contribution in [0.5, 0.6) is 5.88 Å². The van der Waals surface area contributed by atoms with Gasteiger partial charge in [0.05, 0.1) is 13.2 Å². The zero-order valence-electron chi connectivity index (χ0n) is 14.2. The van der Waals surface area contributed by atoms with E-state index in [-0.39, 0.29) is 12.1 Å². The minimum absolute atomic E-state index is 0.0275. The van der Waals surface area contributed by atoms with Gasteiger partial charge in [-0.3, -0.25) is 4.98 Å². The van der Waals surface area contributed by atoms with Crippen LogP contribution < -0.4 is 15.4 Å². The van der Waals surface area contributed by atoms with E-state index in [4.69, 9.17) is 9.47 Å². The fourth-order valence-corrected chi connectivity index (χ4v) is 2.47. The predicted octanol–water partition coefficient (Wildman–Crippen LogP) is 2.32. The molecule has 0 aliphatic carbocycles. The van der Waals surface area contributed by atoms with Crippen molar-refractivity contribution in [1.29, 1.82) is 0 Å². The molecule has 3 heterocycles. The van der Waals surface area contributed by atoms with E-state index >= 15 is 0 Å². The third kappa shape index (κ3) is 5.42. The molecular formula is C18H22N4O3. The number of urea groups is 1. The summed E-state index contributed by atoms with van der Waals surface area (Å²) >= 11 is 0. The lowest BCUT2D eigenvalue weighted by Crippen LogP contribution is -2.30. The Bertz CT molecular complexity index is 700. The number of rotatable bonds is 6. The number of nitrogens with one attached hydrogen (secondary N) is 2. The molecular weight excluding hydrogens is 320 g/mol. The Morgan fingerprint density at radius 3 is 3.04 bits per heavy atom. The molecule has 0 spiro atoms. The lowest BCUT2D eigenvalue weighted by Gasteiger charge is -2.12. The van der Waals surface area contributed by atoms with Crippen LogP contribution in [0.3, 0.4) is 0 Å². The number of pyridine rings is 2. The zero-order chi connectivity index (χ0) is 17.5. The van der Waals surface area contributed by atoms with Gasteiger partial charge in [0, 0.05) is 42.8 Å². The Morgan fingerprint density at radius 2 is 2.28 bits per heavy atom. The highest BCUT2D eigenvalue weighted by molar-refractivity contribution is 5.89. The molecule has 0 saturated carbocycles. The SMILES string of the molecule is Cc1ccc(CCNC(=O)Nc2ccnc(OC3CCOC3)c2)cn1. The number of aryl methyl sites for hydroxylation is 1. The second-order valence-corrected chi connectivity index (χ2v) is 5.92. The lowest BCUT2D eigenvalue weighted by atomic mass is 10.2. The van der Waals surface area contributed by atoms with Gasteiger partial charge in [0.1, 0.15) is 6.10 Å². The molecule has 1 saturated heterocycles. The number of carbonyl (C=O) groups is 1. The van der Waals surface area contributed by atoms with Crippen molar-refractivity contribution in [2.45, 2.75) is 25.9 Å². The number of nitrogens with zero attached hydrogens (tertiary/aromatic N) is 2. The van der Waals surface area contributed by atoms with Gasteiger partial charge in [-0.2, -0.15) is 0 Å². The number of hydrogen-bond donors (Lipinski definition) is 2. The second-order valence-electron chi connectivity index (χ2n) is 5.92. The van der Waals surface area contributed by atoms with Crippen LogP contribution in [-0.2, 0) is 11.2 Å². The monoisotopic (exact) mass is 342 g/mol. The maximum Gasteiger partial charge on any atom is 0.319 e.